The van der Waals surface area contributed by atoms with Crippen molar-refractivity contribution < 1.29 is 4.79 Å². The number of Topliss-reactive ketones (excluding diaryl/α,β-unsaturated/α-hetero) is 1. The van der Waals surface area contributed by atoms with Gasteiger partial charge in [-0.1, -0.05) is 24.3 Å². The number of aromatic nitrogens is 3. The smallest absolute Gasteiger partial charge is 0.170 e. The van der Waals surface area contributed by atoms with E-state index in [0.29, 0.717) is 6.42 Å². The summed E-state index contributed by atoms with van der Waals surface area (Å²) in [6.07, 6.45) is 1.80. The topological polar surface area (TPSA) is 47.8 Å². The van der Waals surface area contributed by atoms with Crippen molar-refractivity contribution in [3.8, 4) is 0 Å². The average Bonchev–Trinajstić information content (AvgIpc) is 2.77. The predicted octanol–water partition coefficient (Wildman–Crippen LogP) is 2.59. The van der Waals surface area contributed by atoms with Crippen LogP contribution in [-0.2, 0) is 6.42 Å². The Hall–Kier alpha value is -1.97. The van der Waals surface area contributed by atoms with Crippen molar-refractivity contribution in [1.29, 1.82) is 0 Å². The minimum absolute atomic E-state index is 0.0861. The van der Waals surface area contributed by atoms with E-state index in [1.807, 2.05) is 45.0 Å². The van der Waals surface area contributed by atoms with E-state index in [2.05, 4.69) is 10.1 Å². The molecule has 1 aromatic heterocycles. The highest BCUT2D eigenvalue weighted by molar-refractivity contribution is 5.98. The summed E-state index contributed by atoms with van der Waals surface area (Å²) in [5, 5.41) is 4.14. The molecule has 0 aliphatic heterocycles. The molecule has 0 unspecified atom stereocenters. The zero-order valence-corrected chi connectivity index (χ0v) is 10.9. The number of aryl methyl sites for hydroxylation is 1. The lowest BCUT2D eigenvalue weighted by atomic mass is 10.0. The van der Waals surface area contributed by atoms with Gasteiger partial charge in [0.1, 0.15) is 12.2 Å². The summed E-state index contributed by atoms with van der Waals surface area (Å²) >= 11 is 0. The summed E-state index contributed by atoms with van der Waals surface area (Å²) in [5.41, 5.74) is 1.76. The fourth-order valence-electron chi connectivity index (χ4n) is 1.96. The van der Waals surface area contributed by atoms with Gasteiger partial charge in [-0.3, -0.25) is 4.79 Å². The Kier molecular flexibility index (Phi) is 3.55. The van der Waals surface area contributed by atoms with Gasteiger partial charge >= 0.3 is 0 Å². The molecule has 94 valence electrons. The van der Waals surface area contributed by atoms with Crippen LogP contribution >= 0.6 is 0 Å². The second-order valence-electron chi connectivity index (χ2n) is 4.63. The van der Waals surface area contributed by atoms with Crippen LogP contribution in [0.3, 0.4) is 0 Å². The van der Waals surface area contributed by atoms with Crippen LogP contribution in [0.15, 0.2) is 30.6 Å². The van der Waals surface area contributed by atoms with Crippen LogP contribution in [0, 0.1) is 6.92 Å². The van der Waals surface area contributed by atoms with Crippen LogP contribution in [-0.4, -0.2) is 20.5 Å². The van der Waals surface area contributed by atoms with E-state index in [0.717, 1.165) is 17.0 Å². The normalized spacial score (nSPS) is 10.9. The molecule has 0 amide bonds. The zero-order valence-electron chi connectivity index (χ0n) is 10.9. The molecule has 4 heteroatoms. The molecule has 2 rings (SSSR count). The SMILES string of the molecule is Cc1ccccc1C(=O)Cc1ncnn1C(C)C. The number of hydrogen-bond donors (Lipinski definition) is 0. The lowest BCUT2D eigenvalue weighted by molar-refractivity contribution is 0.0988. The summed E-state index contributed by atoms with van der Waals surface area (Å²) in [5.74, 6) is 0.807. The number of nitrogens with zero attached hydrogens (tertiary/aromatic N) is 3. The van der Waals surface area contributed by atoms with Crippen molar-refractivity contribution >= 4 is 5.78 Å². The van der Waals surface area contributed by atoms with Crippen molar-refractivity contribution in [2.45, 2.75) is 33.2 Å². The van der Waals surface area contributed by atoms with Gasteiger partial charge in [0.15, 0.2) is 5.78 Å². The van der Waals surface area contributed by atoms with Gasteiger partial charge in [-0.2, -0.15) is 5.10 Å². The van der Waals surface area contributed by atoms with Crippen molar-refractivity contribution in [2.24, 2.45) is 0 Å². The van der Waals surface area contributed by atoms with Gasteiger partial charge in [0.25, 0.3) is 0 Å². The summed E-state index contributed by atoms with van der Waals surface area (Å²) in [7, 11) is 0. The fourth-order valence-corrected chi connectivity index (χ4v) is 1.96. The third-order valence-corrected chi connectivity index (χ3v) is 2.90. The molecule has 1 heterocycles. The third-order valence-electron chi connectivity index (χ3n) is 2.90. The van der Waals surface area contributed by atoms with Crippen molar-refractivity contribution in [3.63, 3.8) is 0 Å². The lowest BCUT2D eigenvalue weighted by Gasteiger charge is -2.09. The molecule has 0 atom stereocenters. The molecular weight excluding hydrogens is 226 g/mol. The monoisotopic (exact) mass is 243 g/mol. The van der Waals surface area contributed by atoms with Gasteiger partial charge < -0.3 is 0 Å². The molecule has 0 radical (unpaired) electrons. The number of ketones is 1. The Labute approximate surface area is 107 Å². The second-order valence-corrected chi connectivity index (χ2v) is 4.63. The first-order valence-electron chi connectivity index (χ1n) is 6.07. The molecule has 0 saturated heterocycles. The molecule has 0 spiro atoms. The maximum absolute atomic E-state index is 12.2. The minimum atomic E-state index is 0.0861. The molecule has 2 aromatic rings. The molecular formula is C14H17N3O. The Morgan fingerprint density at radius 3 is 2.72 bits per heavy atom. The largest absolute Gasteiger partial charge is 0.294 e. The second kappa shape index (κ2) is 5.12. The maximum Gasteiger partial charge on any atom is 0.170 e. The zero-order chi connectivity index (χ0) is 13.1. The number of carbonyl (C=O) groups is 1. The van der Waals surface area contributed by atoms with Crippen LogP contribution in [0.4, 0.5) is 0 Å². The molecule has 0 saturated carbocycles. The van der Waals surface area contributed by atoms with E-state index in [4.69, 9.17) is 0 Å². The van der Waals surface area contributed by atoms with Crippen LogP contribution in [0.25, 0.3) is 0 Å². The molecule has 4 nitrogen and oxygen atoms in total. The molecule has 0 bridgehead atoms. The Morgan fingerprint density at radius 1 is 1.33 bits per heavy atom. The summed E-state index contributed by atoms with van der Waals surface area (Å²) < 4.78 is 1.79. The van der Waals surface area contributed by atoms with E-state index in [-0.39, 0.29) is 11.8 Å². The van der Waals surface area contributed by atoms with E-state index in [1.165, 1.54) is 6.33 Å². The molecule has 1 aromatic carbocycles. The highest BCUT2D eigenvalue weighted by atomic mass is 16.1. The summed E-state index contributed by atoms with van der Waals surface area (Å²) in [6.45, 7) is 5.99. The van der Waals surface area contributed by atoms with Gasteiger partial charge in [0, 0.05) is 11.6 Å². The van der Waals surface area contributed by atoms with Crippen LogP contribution in [0.1, 0.15) is 41.6 Å². The van der Waals surface area contributed by atoms with Gasteiger partial charge in [0.2, 0.25) is 0 Å². The molecule has 0 fully saturated rings. The van der Waals surface area contributed by atoms with Gasteiger partial charge in [-0.05, 0) is 26.3 Å². The van der Waals surface area contributed by atoms with E-state index >= 15 is 0 Å². The summed E-state index contributed by atoms with van der Waals surface area (Å²) in [4.78, 5) is 16.4. The van der Waals surface area contributed by atoms with Gasteiger partial charge in [-0.25, -0.2) is 9.67 Å². The van der Waals surface area contributed by atoms with Crippen LogP contribution < -0.4 is 0 Å². The lowest BCUT2D eigenvalue weighted by Crippen LogP contribution is -2.13. The van der Waals surface area contributed by atoms with Crippen molar-refractivity contribution in [2.75, 3.05) is 0 Å². The third kappa shape index (κ3) is 2.47. The van der Waals surface area contributed by atoms with E-state index < -0.39 is 0 Å². The average molecular weight is 243 g/mol. The quantitative estimate of drug-likeness (QED) is 0.775. The highest BCUT2D eigenvalue weighted by Gasteiger charge is 2.14. The fraction of sp³-hybridized carbons (Fsp3) is 0.357. The summed E-state index contributed by atoms with van der Waals surface area (Å²) in [6, 6.07) is 7.83. The Balaban J connectivity index is 2.22. The standard InChI is InChI=1S/C14H17N3O/c1-10(2)17-14(15-9-16-17)8-13(18)12-7-5-4-6-11(12)3/h4-7,9-10H,8H2,1-3H3. The van der Waals surface area contributed by atoms with Gasteiger partial charge in [-0.15, -0.1) is 0 Å². The minimum Gasteiger partial charge on any atom is -0.294 e. The highest BCUT2D eigenvalue weighted by Crippen LogP contribution is 2.12. The number of carbonyl (C=O) groups excluding carboxylic acids is 1. The van der Waals surface area contributed by atoms with Crippen LogP contribution in [0.2, 0.25) is 0 Å². The number of hydrogen-bond acceptors (Lipinski definition) is 3. The molecule has 0 N–H and O–H groups in total. The molecule has 0 aliphatic carbocycles. The van der Waals surface area contributed by atoms with Crippen molar-refractivity contribution in [1.82, 2.24) is 14.8 Å². The van der Waals surface area contributed by atoms with Gasteiger partial charge in [0.05, 0.1) is 6.42 Å². The van der Waals surface area contributed by atoms with E-state index in [9.17, 15) is 4.79 Å². The van der Waals surface area contributed by atoms with E-state index in [1.54, 1.807) is 4.68 Å². The van der Waals surface area contributed by atoms with Crippen LogP contribution in [0.5, 0.6) is 0 Å². The maximum atomic E-state index is 12.2. The Morgan fingerprint density at radius 2 is 2.06 bits per heavy atom. The molecule has 18 heavy (non-hydrogen) atoms. The van der Waals surface area contributed by atoms with Crippen molar-refractivity contribution in [3.05, 3.63) is 47.5 Å². The number of rotatable bonds is 4. The Bertz CT molecular complexity index is 558. The first kappa shape index (κ1) is 12.5. The molecule has 0 aliphatic rings. The first-order valence-corrected chi connectivity index (χ1v) is 6.07. The predicted molar refractivity (Wildman–Crippen MR) is 69.6 cm³/mol. The first-order chi connectivity index (χ1) is 8.59. The number of benzene rings is 1.